The number of aliphatic carboxylic acids is 1. The molecule has 0 bridgehead atoms. The minimum Gasteiger partial charge on any atom is -0.480 e. The first-order chi connectivity index (χ1) is 11.6. The fourth-order valence-corrected chi connectivity index (χ4v) is 3.75. The fraction of sp³-hybridized carbons (Fsp3) is 0.556. The van der Waals surface area contributed by atoms with Gasteiger partial charge in [-0.1, -0.05) is 43.2 Å². The van der Waals surface area contributed by atoms with Gasteiger partial charge < -0.3 is 14.7 Å². The molecule has 1 aliphatic heterocycles. The second-order valence-corrected chi connectivity index (χ2v) is 6.56. The van der Waals surface area contributed by atoms with Crippen LogP contribution in [-0.2, 0) is 16.1 Å². The van der Waals surface area contributed by atoms with Crippen LogP contribution in [-0.4, -0.2) is 58.7 Å². The van der Waals surface area contributed by atoms with Crippen LogP contribution in [0.3, 0.4) is 0 Å². The van der Waals surface area contributed by atoms with E-state index in [0.29, 0.717) is 39.0 Å². The van der Waals surface area contributed by atoms with Crippen molar-refractivity contribution < 1.29 is 19.4 Å². The van der Waals surface area contributed by atoms with E-state index in [1.807, 2.05) is 35.2 Å². The van der Waals surface area contributed by atoms with Crippen LogP contribution in [0.1, 0.15) is 31.2 Å². The SMILES string of the molecule is O=C(OCc1ccccc1)N1CCN(C2(C(=O)O)CCCC2)CC1. The molecule has 0 spiro atoms. The van der Waals surface area contributed by atoms with E-state index >= 15 is 0 Å². The molecule has 1 saturated carbocycles. The van der Waals surface area contributed by atoms with Gasteiger partial charge in [-0.3, -0.25) is 9.69 Å². The smallest absolute Gasteiger partial charge is 0.410 e. The lowest BCUT2D eigenvalue weighted by molar-refractivity contribution is -0.152. The van der Waals surface area contributed by atoms with Crippen LogP contribution in [0.25, 0.3) is 0 Å². The zero-order valence-electron chi connectivity index (χ0n) is 13.8. The molecule has 1 saturated heterocycles. The van der Waals surface area contributed by atoms with Gasteiger partial charge in [-0.2, -0.15) is 0 Å². The largest absolute Gasteiger partial charge is 0.480 e. The number of benzene rings is 1. The third kappa shape index (κ3) is 3.38. The zero-order chi connectivity index (χ0) is 17.0. The van der Waals surface area contributed by atoms with Gasteiger partial charge >= 0.3 is 12.1 Å². The maximum atomic E-state index is 12.2. The van der Waals surface area contributed by atoms with E-state index in [-0.39, 0.29) is 12.7 Å². The highest BCUT2D eigenvalue weighted by atomic mass is 16.6. The van der Waals surface area contributed by atoms with Gasteiger partial charge in [-0.25, -0.2) is 4.79 Å². The summed E-state index contributed by atoms with van der Waals surface area (Å²) < 4.78 is 5.35. The Bertz CT molecular complexity index is 576. The average Bonchev–Trinajstić information content (AvgIpc) is 3.12. The summed E-state index contributed by atoms with van der Waals surface area (Å²) in [5, 5.41) is 9.65. The van der Waals surface area contributed by atoms with E-state index in [1.54, 1.807) is 4.90 Å². The molecule has 1 aliphatic carbocycles. The first kappa shape index (κ1) is 16.8. The van der Waals surface area contributed by atoms with E-state index in [1.165, 1.54) is 0 Å². The molecule has 1 aromatic rings. The summed E-state index contributed by atoms with van der Waals surface area (Å²) >= 11 is 0. The molecule has 0 radical (unpaired) electrons. The third-order valence-electron chi connectivity index (χ3n) is 5.18. The fourth-order valence-electron chi connectivity index (χ4n) is 3.75. The Morgan fingerprint density at radius 1 is 1.04 bits per heavy atom. The van der Waals surface area contributed by atoms with Crippen molar-refractivity contribution in [2.45, 2.75) is 37.8 Å². The summed E-state index contributed by atoms with van der Waals surface area (Å²) in [5.74, 6) is -0.722. The molecular weight excluding hydrogens is 308 g/mol. The van der Waals surface area contributed by atoms with E-state index in [2.05, 4.69) is 0 Å². The van der Waals surface area contributed by atoms with E-state index in [9.17, 15) is 14.7 Å². The molecular formula is C18H24N2O4. The quantitative estimate of drug-likeness (QED) is 0.916. The predicted octanol–water partition coefficient (Wildman–Crippen LogP) is 2.34. The second-order valence-electron chi connectivity index (χ2n) is 6.56. The van der Waals surface area contributed by atoms with Crippen molar-refractivity contribution in [2.75, 3.05) is 26.2 Å². The van der Waals surface area contributed by atoms with Gasteiger partial charge in [-0.15, -0.1) is 0 Å². The lowest BCUT2D eigenvalue weighted by Gasteiger charge is -2.43. The van der Waals surface area contributed by atoms with Crippen molar-refractivity contribution in [1.29, 1.82) is 0 Å². The van der Waals surface area contributed by atoms with Crippen LogP contribution < -0.4 is 0 Å². The molecule has 1 amide bonds. The van der Waals surface area contributed by atoms with Crippen LogP contribution in [0.4, 0.5) is 4.79 Å². The highest BCUT2D eigenvalue weighted by Crippen LogP contribution is 2.36. The molecule has 1 aromatic carbocycles. The van der Waals surface area contributed by atoms with Gasteiger partial charge in [0.2, 0.25) is 0 Å². The van der Waals surface area contributed by atoms with Gasteiger partial charge in [0.1, 0.15) is 12.1 Å². The Hall–Kier alpha value is -2.08. The van der Waals surface area contributed by atoms with Crippen molar-refractivity contribution in [1.82, 2.24) is 9.80 Å². The lowest BCUT2D eigenvalue weighted by atomic mass is 9.94. The van der Waals surface area contributed by atoms with Gasteiger partial charge in [0, 0.05) is 26.2 Å². The Balaban J connectivity index is 1.51. The summed E-state index contributed by atoms with van der Waals surface area (Å²) in [4.78, 5) is 27.6. The van der Waals surface area contributed by atoms with Crippen LogP contribution in [0.2, 0.25) is 0 Å². The Kier molecular flexibility index (Phi) is 5.04. The van der Waals surface area contributed by atoms with E-state index < -0.39 is 11.5 Å². The Morgan fingerprint density at radius 3 is 2.25 bits per heavy atom. The van der Waals surface area contributed by atoms with Crippen molar-refractivity contribution in [3.05, 3.63) is 35.9 Å². The number of carboxylic acid groups (broad SMARTS) is 1. The second kappa shape index (κ2) is 7.21. The highest BCUT2D eigenvalue weighted by Gasteiger charge is 2.47. The number of ether oxygens (including phenoxy) is 1. The van der Waals surface area contributed by atoms with Crippen LogP contribution in [0, 0.1) is 0 Å². The van der Waals surface area contributed by atoms with Gasteiger partial charge in [-0.05, 0) is 18.4 Å². The first-order valence-electron chi connectivity index (χ1n) is 8.56. The van der Waals surface area contributed by atoms with Crippen LogP contribution in [0.15, 0.2) is 30.3 Å². The molecule has 1 heterocycles. The van der Waals surface area contributed by atoms with Gasteiger partial charge in [0.25, 0.3) is 0 Å². The molecule has 1 N–H and O–H groups in total. The molecule has 6 heteroatoms. The maximum absolute atomic E-state index is 12.2. The number of carboxylic acids is 1. The first-order valence-corrected chi connectivity index (χ1v) is 8.56. The van der Waals surface area contributed by atoms with Gasteiger partial charge in [0.05, 0.1) is 0 Å². The molecule has 2 fully saturated rings. The van der Waals surface area contributed by atoms with Crippen molar-refractivity contribution >= 4 is 12.1 Å². The summed E-state index contributed by atoms with van der Waals surface area (Å²) in [7, 11) is 0. The summed E-state index contributed by atoms with van der Waals surface area (Å²) in [6.07, 6.45) is 3.02. The van der Waals surface area contributed by atoms with Crippen LogP contribution in [0.5, 0.6) is 0 Å². The highest BCUT2D eigenvalue weighted by molar-refractivity contribution is 5.79. The number of carbonyl (C=O) groups excluding carboxylic acids is 1. The lowest BCUT2D eigenvalue weighted by Crippen LogP contribution is -2.60. The predicted molar refractivity (Wildman–Crippen MR) is 88.6 cm³/mol. The monoisotopic (exact) mass is 332 g/mol. The van der Waals surface area contributed by atoms with E-state index in [4.69, 9.17) is 4.74 Å². The minimum atomic E-state index is -0.722. The molecule has 2 aliphatic rings. The van der Waals surface area contributed by atoms with Crippen LogP contribution >= 0.6 is 0 Å². The molecule has 130 valence electrons. The molecule has 0 unspecified atom stereocenters. The molecule has 24 heavy (non-hydrogen) atoms. The number of rotatable bonds is 4. The van der Waals surface area contributed by atoms with Crippen molar-refractivity contribution in [2.24, 2.45) is 0 Å². The molecule has 0 aromatic heterocycles. The Morgan fingerprint density at radius 2 is 1.67 bits per heavy atom. The number of carbonyl (C=O) groups is 2. The normalized spacial score (nSPS) is 20.8. The maximum Gasteiger partial charge on any atom is 0.410 e. The van der Waals surface area contributed by atoms with Crippen molar-refractivity contribution in [3.8, 4) is 0 Å². The summed E-state index contributed by atoms with van der Waals surface area (Å²) in [6, 6.07) is 9.58. The third-order valence-corrected chi connectivity index (χ3v) is 5.18. The Labute approximate surface area is 142 Å². The number of amides is 1. The van der Waals surface area contributed by atoms with Crippen molar-refractivity contribution in [3.63, 3.8) is 0 Å². The van der Waals surface area contributed by atoms with Gasteiger partial charge in [0.15, 0.2) is 0 Å². The summed E-state index contributed by atoms with van der Waals surface area (Å²) in [6.45, 7) is 2.48. The average molecular weight is 332 g/mol. The number of hydrogen-bond donors (Lipinski definition) is 1. The van der Waals surface area contributed by atoms with E-state index in [0.717, 1.165) is 18.4 Å². The molecule has 0 atom stereocenters. The molecule has 6 nitrogen and oxygen atoms in total. The topological polar surface area (TPSA) is 70.1 Å². The number of hydrogen-bond acceptors (Lipinski definition) is 4. The standard InChI is InChI=1S/C18H24N2O4/c21-16(22)18(8-4-5-9-18)20-12-10-19(11-13-20)17(23)24-14-15-6-2-1-3-7-15/h1-3,6-7H,4-5,8-14H2,(H,21,22). The minimum absolute atomic E-state index is 0.263. The summed E-state index contributed by atoms with van der Waals surface area (Å²) in [5.41, 5.74) is 0.236. The zero-order valence-corrected chi connectivity index (χ0v) is 13.8. The number of piperazine rings is 1. The number of nitrogens with zero attached hydrogens (tertiary/aromatic N) is 2. The molecule has 3 rings (SSSR count).